The van der Waals surface area contributed by atoms with E-state index < -0.39 is 5.97 Å². The van der Waals surface area contributed by atoms with Gasteiger partial charge in [0.1, 0.15) is 5.65 Å². The Labute approximate surface area is 104 Å². The summed E-state index contributed by atoms with van der Waals surface area (Å²) >= 11 is 0. The molecule has 2 rings (SSSR count). The summed E-state index contributed by atoms with van der Waals surface area (Å²) in [6.07, 6.45) is 2.99. The molecule has 94 valence electrons. The van der Waals surface area contributed by atoms with Crippen molar-refractivity contribution in [2.45, 2.75) is 6.92 Å². The molecule has 0 atom stereocenters. The van der Waals surface area contributed by atoms with E-state index in [4.69, 9.17) is 4.74 Å². The number of hydrogen-bond acceptors (Lipinski definition) is 4. The molecule has 1 N–H and O–H groups in total. The van der Waals surface area contributed by atoms with Crippen molar-refractivity contribution in [2.75, 3.05) is 13.7 Å². The zero-order chi connectivity index (χ0) is 13.1. The van der Waals surface area contributed by atoms with Crippen LogP contribution in [0.4, 0.5) is 0 Å². The zero-order valence-electron chi connectivity index (χ0n) is 10.1. The van der Waals surface area contributed by atoms with Crippen LogP contribution in [0, 0.1) is 0 Å². The van der Waals surface area contributed by atoms with E-state index in [9.17, 15) is 9.59 Å². The highest BCUT2D eigenvalue weighted by Gasteiger charge is 2.14. The standard InChI is InChI=1S/C12H13N3O3/c1-3-18-12(17)9-6-14-10-5-4-8(7-15(9)10)11(16)13-2/h4-7H,3H2,1-2H3,(H,13,16). The Morgan fingerprint density at radius 1 is 1.44 bits per heavy atom. The van der Waals surface area contributed by atoms with E-state index in [1.165, 1.54) is 6.20 Å². The highest BCUT2D eigenvalue weighted by molar-refractivity contribution is 5.94. The van der Waals surface area contributed by atoms with Crippen LogP contribution < -0.4 is 5.32 Å². The van der Waals surface area contributed by atoms with Gasteiger partial charge in [0.05, 0.1) is 18.4 Å². The van der Waals surface area contributed by atoms with Crippen LogP contribution >= 0.6 is 0 Å². The SMILES string of the molecule is CCOC(=O)c1cnc2ccc(C(=O)NC)cn12. The van der Waals surface area contributed by atoms with Gasteiger partial charge in [0.2, 0.25) is 0 Å². The van der Waals surface area contributed by atoms with Crippen LogP contribution in [-0.2, 0) is 4.74 Å². The lowest BCUT2D eigenvalue weighted by Crippen LogP contribution is -2.18. The predicted molar refractivity (Wildman–Crippen MR) is 64.5 cm³/mol. The summed E-state index contributed by atoms with van der Waals surface area (Å²) in [7, 11) is 1.55. The van der Waals surface area contributed by atoms with Gasteiger partial charge in [-0.25, -0.2) is 9.78 Å². The van der Waals surface area contributed by atoms with Crippen molar-refractivity contribution >= 4 is 17.5 Å². The van der Waals surface area contributed by atoms with E-state index in [-0.39, 0.29) is 5.91 Å². The number of carbonyl (C=O) groups is 2. The quantitative estimate of drug-likeness (QED) is 0.817. The van der Waals surface area contributed by atoms with Crippen LogP contribution in [0.2, 0.25) is 0 Å². The number of aromatic nitrogens is 2. The molecule has 1 amide bonds. The number of fused-ring (bicyclic) bond motifs is 1. The van der Waals surface area contributed by atoms with E-state index in [2.05, 4.69) is 10.3 Å². The first-order valence-corrected chi connectivity index (χ1v) is 5.53. The van der Waals surface area contributed by atoms with E-state index in [1.54, 1.807) is 36.7 Å². The Balaban J connectivity index is 2.49. The van der Waals surface area contributed by atoms with E-state index in [0.717, 1.165) is 0 Å². The molecule has 0 spiro atoms. The average Bonchev–Trinajstić information content (AvgIpc) is 2.80. The zero-order valence-corrected chi connectivity index (χ0v) is 10.1. The van der Waals surface area contributed by atoms with Gasteiger partial charge < -0.3 is 10.1 Å². The van der Waals surface area contributed by atoms with Crippen molar-refractivity contribution in [3.05, 3.63) is 35.8 Å². The molecule has 0 bridgehead atoms. The van der Waals surface area contributed by atoms with Crippen molar-refractivity contribution in [1.29, 1.82) is 0 Å². The third-order valence-corrected chi connectivity index (χ3v) is 2.48. The maximum atomic E-state index is 11.7. The number of nitrogens with one attached hydrogen (secondary N) is 1. The maximum Gasteiger partial charge on any atom is 0.356 e. The number of pyridine rings is 1. The molecule has 0 aliphatic heterocycles. The van der Waals surface area contributed by atoms with Crippen molar-refractivity contribution in [1.82, 2.24) is 14.7 Å². The lowest BCUT2D eigenvalue weighted by Gasteiger charge is -2.04. The molecule has 0 radical (unpaired) electrons. The molecule has 0 fully saturated rings. The predicted octanol–water partition coefficient (Wildman–Crippen LogP) is 0.871. The fourth-order valence-electron chi connectivity index (χ4n) is 1.62. The third kappa shape index (κ3) is 2.04. The second-order valence-electron chi connectivity index (χ2n) is 3.59. The fraction of sp³-hybridized carbons (Fsp3) is 0.250. The number of nitrogens with zero attached hydrogens (tertiary/aromatic N) is 2. The lowest BCUT2D eigenvalue weighted by atomic mass is 10.2. The van der Waals surface area contributed by atoms with Crippen molar-refractivity contribution in [3.63, 3.8) is 0 Å². The molecule has 2 aromatic heterocycles. The summed E-state index contributed by atoms with van der Waals surface area (Å²) in [5.74, 6) is -0.681. The van der Waals surface area contributed by atoms with Crippen LogP contribution in [0.1, 0.15) is 27.8 Å². The fourth-order valence-corrected chi connectivity index (χ4v) is 1.62. The van der Waals surface area contributed by atoms with Gasteiger partial charge in [-0.05, 0) is 19.1 Å². The van der Waals surface area contributed by atoms with Crippen LogP contribution in [0.25, 0.3) is 5.65 Å². The minimum absolute atomic E-state index is 0.222. The molecule has 0 aromatic carbocycles. The first-order valence-electron chi connectivity index (χ1n) is 5.53. The summed E-state index contributed by atoms with van der Waals surface area (Å²) in [6.45, 7) is 2.03. The third-order valence-electron chi connectivity index (χ3n) is 2.48. The summed E-state index contributed by atoms with van der Waals surface area (Å²) in [5, 5.41) is 2.52. The van der Waals surface area contributed by atoms with Gasteiger partial charge in [-0.2, -0.15) is 0 Å². The van der Waals surface area contributed by atoms with E-state index in [0.29, 0.717) is 23.5 Å². The Kier molecular flexibility index (Phi) is 3.27. The van der Waals surface area contributed by atoms with Crippen LogP contribution in [-0.4, -0.2) is 34.9 Å². The second kappa shape index (κ2) is 4.87. The average molecular weight is 247 g/mol. The minimum Gasteiger partial charge on any atom is -0.461 e. The highest BCUT2D eigenvalue weighted by atomic mass is 16.5. The molecule has 0 saturated carbocycles. The largest absolute Gasteiger partial charge is 0.461 e. The molecule has 18 heavy (non-hydrogen) atoms. The molecule has 0 aliphatic rings. The first kappa shape index (κ1) is 12.1. The topological polar surface area (TPSA) is 72.7 Å². The summed E-state index contributed by atoms with van der Waals surface area (Å²) in [5.41, 5.74) is 1.34. The highest BCUT2D eigenvalue weighted by Crippen LogP contribution is 2.10. The molecular weight excluding hydrogens is 234 g/mol. The van der Waals surface area contributed by atoms with Crippen molar-refractivity contribution in [3.8, 4) is 0 Å². The van der Waals surface area contributed by atoms with Crippen molar-refractivity contribution in [2.24, 2.45) is 0 Å². The van der Waals surface area contributed by atoms with Gasteiger partial charge in [0.25, 0.3) is 5.91 Å². The lowest BCUT2D eigenvalue weighted by molar-refractivity contribution is 0.0518. The Bertz CT molecular complexity index is 604. The number of rotatable bonds is 3. The van der Waals surface area contributed by atoms with E-state index in [1.807, 2.05) is 0 Å². The molecule has 6 heteroatoms. The molecule has 0 saturated heterocycles. The maximum absolute atomic E-state index is 11.7. The Morgan fingerprint density at radius 2 is 2.22 bits per heavy atom. The molecule has 0 unspecified atom stereocenters. The molecule has 2 aromatic rings. The van der Waals surface area contributed by atoms with Gasteiger partial charge in [-0.15, -0.1) is 0 Å². The monoisotopic (exact) mass is 247 g/mol. The Hall–Kier alpha value is -2.37. The molecular formula is C12H13N3O3. The molecule has 2 heterocycles. The number of imidazole rings is 1. The number of amides is 1. The molecule has 0 aliphatic carbocycles. The van der Waals surface area contributed by atoms with Gasteiger partial charge in [0.15, 0.2) is 5.69 Å². The van der Waals surface area contributed by atoms with Crippen LogP contribution in [0.3, 0.4) is 0 Å². The summed E-state index contributed by atoms with van der Waals surface area (Å²) in [4.78, 5) is 27.3. The van der Waals surface area contributed by atoms with E-state index >= 15 is 0 Å². The number of carbonyl (C=O) groups excluding carboxylic acids is 2. The summed E-state index contributed by atoms with van der Waals surface area (Å²) in [6, 6.07) is 3.32. The minimum atomic E-state index is -0.459. The van der Waals surface area contributed by atoms with Gasteiger partial charge in [-0.1, -0.05) is 0 Å². The number of esters is 1. The number of ether oxygens (including phenoxy) is 1. The smallest absolute Gasteiger partial charge is 0.356 e. The Morgan fingerprint density at radius 3 is 2.89 bits per heavy atom. The normalized spacial score (nSPS) is 10.3. The van der Waals surface area contributed by atoms with Gasteiger partial charge in [0, 0.05) is 13.2 Å². The van der Waals surface area contributed by atoms with Crippen molar-refractivity contribution < 1.29 is 14.3 Å². The summed E-state index contributed by atoms with van der Waals surface area (Å²) < 4.78 is 6.46. The first-order chi connectivity index (χ1) is 8.67. The number of hydrogen-bond donors (Lipinski definition) is 1. The van der Waals surface area contributed by atoms with Crippen LogP contribution in [0.5, 0.6) is 0 Å². The second-order valence-corrected chi connectivity index (χ2v) is 3.59. The van der Waals surface area contributed by atoms with Gasteiger partial charge >= 0.3 is 5.97 Å². The van der Waals surface area contributed by atoms with Crippen LogP contribution in [0.15, 0.2) is 24.5 Å². The van der Waals surface area contributed by atoms with Gasteiger partial charge in [-0.3, -0.25) is 9.20 Å². The molecule has 6 nitrogen and oxygen atoms in total.